The highest BCUT2D eigenvalue weighted by Gasteiger charge is 2.21. The zero-order chi connectivity index (χ0) is 6.85. The van der Waals surface area contributed by atoms with Crippen LogP contribution >= 0.6 is 0 Å². The second-order valence-corrected chi connectivity index (χ2v) is 2.15. The summed E-state index contributed by atoms with van der Waals surface area (Å²) in [6, 6.07) is -0.398. The van der Waals surface area contributed by atoms with E-state index in [-0.39, 0.29) is 0 Å². The summed E-state index contributed by atoms with van der Waals surface area (Å²) >= 11 is 0. The molecule has 1 aliphatic rings. The number of carbonyl (C=O) groups is 1. The molecular formula is C6H9NO2. The van der Waals surface area contributed by atoms with Crippen LogP contribution in [-0.2, 0) is 4.79 Å². The third-order valence-electron chi connectivity index (χ3n) is 1.44. The number of rotatable bonds is 1. The topological polar surface area (TPSA) is 40.5 Å². The van der Waals surface area contributed by atoms with Crippen LogP contribution < -0.4 is 0 Å². The fraction of sp³-hybridized carbons (Fsp3) is 0.500. The van der Waals surface area contributed by atoms with Crippen LogP contribution in [0.1, 0.15) is 0 Å². The highest BCUT2D eigenvalue weighted by atomic mass is 16.4. The minimum atomic E-state index is -0.772. The number of aliphatic carboxylic acids is 1. The van der Waals surface area contributed by atoms with Crippen molar-refractivity contribution in [2.24, 2.45) is 0 Å². The van der Waals surface area contributed by atoms with Gasteiger partial charge < -0.3 is 5.11 Å². The maximum atomic E-state index is 10.3. The number of hydrogen-bond donors (Lipinski definition) is 1. The van der Waals surface area contributed by atoms with Gasteiger partial charge in [-0.3, -0.25) is 9.69 Å². The molecular weight excluding hydrogens is 118 g/mol. The Morgan fingerprint density at radius 1 is 1.89 bits per heavy atom. The maximum Gasteiger partial charge on any atom is 0.324 e. The Morgan fingerprint density at radius 3 is 2.78 bits per heavy atom. The van der Waals surface area contributed by atoms with Crippen LogP contribution in [0.3, 0.4) is 0 Å². The smallest absolute Gasteiger partial charge is 0.324 e. The fourth-order valence-corrected chi connectivity index (χ4v) is 0.887. The second kappa shape index (κ2) is 2.19. The molecule has 9 heavy (non-hydrogen) atoms. The van der Waals surface area contributed by atoms with E-state index < -0.39 is 12.0 Å². The number of likely N-dealkylation sites (N-methyl/N-ethyl adjacent to an activating group) is 1. The molecule has 0 aromatic heterocycles. The Bertz CT molecular complexity index is 153. The van der Waals surface area contributed by atoms with Gasteiger partial charge in [0.2, 0.25) is 0 Å². The van der Waals surface area contributed by atoms with E-state index in [1.165, 1.54) is 0 Å². The van der Waals surface area contributed by atoms with Gasteiger partial charge in [-0.15, -0.1) is 0 Å². The van der Waals surface area contributed by atoms with Gasteiger partial charge in [0.1, 0.15) is 6.04 Å². The van der Waals surface area contributed by atoms with Crippen LogP contribution in [0.4, 0.5) is 0 Å². The molecule has 1 atom stereocenters. The summed E-state index contributed by atoms with van der Waals surface area (Å²) in [6.45, 7) is 0.747. The van der Waals surface area contributed by atoms with Crippen LogP contribution in [0.25, 0.3) is 0 Å². The van der Waals surface area contributed by atoms with Crippen molar-refractivity contribution >= 4 is 5.97 Å². The molecule has 0 unspecified atom stereocenters. The van der Waals surface area contributed by atoms with Gasteiger partial charge >= 0.3 is 5.97 Å². The van der Waals surface area contributed by atoms with Gasteiger partial charge in [0.05, 0.1) is 0 Å². The normalized spacial score (nSPS) is 27.0. The summed E-state index contributed by atoms with van der Waals surface area (Å²) in [6.07, 6.45) is 3.56. The summed E-state index contributed by atoms with van der Waals surface area (Å²) in [4.78, 5) is 12.1. The molecule has 1 heterocycles. The number of carboxylic acids is 1. The zero-order valence-electron chi connectivity index (χ0n) is 5.24. The lowest BCUT2D eigenvalue weighted by molar-refractivity contribution is -0.140. The maximum absolute atomic E-state index is 10.3. The highest BCUT2D eigenvalue weighted by Crippen LogP contribution is 2.05. The van der Waals surface area contributed by atoms with Crippen LogP contribution in [0.5, 0.6) is 0 Å². The van der Waals surface area contributed by atoms with Gasteiger partial charge in [0.15, 0.2) is 0 Å². The number of hydrogen-bond acceptors (Lipinski definition) is 2. The Morgan fingerprint density at radius 2 is 2.56 bits per heavy atom. The van der Waals surface area contributed by atoms with Crippen LogP contribution in [0.15, 0.2) is 12.2 Å². The molecule has 50 valence electrons. The molecule has 0 aromatic carbocycles. The van der Waals surface area contributed by atoms with E-state index in [1.807, 2.05) is 6.08 Å². The third-order valence-corrected chi connectivity index (χ3v) is 1.44. The molecule has 3 heteroatoms. The Labute approximate surface area is 53.6 Å². The number of nitrogens with zero attached hydrogens (tertiary/aromatic N) is 1. The molecule has 0 radical (unpaired) electrons. The van der Waals surface area contributed by atoms with Crippen molar-refractivity contribution in [3.05, 3.63) is 12.2 Å². The van der Waals surface area contributed by atoms with Crippen molar-refractivity contribution in [3.8, 4) is 0 Å². The standard InChI is InChI=1S/C6H9NO2/c1-7-4-2-3-5(7)6(8)9/h2-3,5H,4H2,1H3,(H,8,9)/t5-/m1/s1. The van der Waals surface area contributed by atoms with Gasteiger partial charge in [0.25, 0.3) is 0 Å². The quantitative estimate of drug-likeness (QED) is 0.502. The molecule has 3 nitrogen and oxygen atoms in total. The molecule has 1 aliphatic heterocycles. The van der Waals surface area contributed by atoms with Crippen molar-refractivity contribution in [2.45, 2.75) is 6.04 Å². The summed E-state index contributed by atoms with van der Waals surface area (Å²) in [5.41, 5.74) is 0. The van der Waals surface area contributed by atoms with Gasteiger partial charge in [0, 0.05) is 6.54 Å². The first-order valence-electron chi connectivity index (χ1n) is 2.81. The lowest BCUT2D eigenvalue weighted by atomic mass is 10.3. The number of carboxylic acid groups (broad SMARTS) is 1. The summed E-state index contributed by atoms with van der Waals surface area (Å²) < 4.78 is 0. The Balaban J connectivity index is 2.59. The van der Waals surface area contributed by atoms with E-state index in [9.17, 15) is 4.79 Å². The predicted molar refractivity (Wildman–Crippen MR) is 33.2 cm³/mol. The first kappa shape index (κ1) is 6.29. The SMILES string of the molecule is CN1CC=C[C@@H]1C(=O)O. The first-order chi connectivity index (χ1) is 4.22. The first-order valence-corrected chi connectivity index (χ1v) is 2.81. The van der Waals surface area contributed by atoms with Gasteiger partial charge in [-0.2, -0.15) is 0 Å². The van der Waals surface area contributed by atoms with Crippen molar-refractivity contribution in [3.63, 3.8) is 0 Å². The van der Waals surface area contributed by atoms with Crippen molar-refractivity contribution < 1.29 is 9.90 Å². The largest absolute Gasteiger partial charge is 0.480 e. The van der Waals surface area contributed by atoms with Gasteiger partial charge in [-0.1, -0.05) is 12.2 Å². The van der Waals surface area contributed by atoms with Gasteiger partial charge in [-0.25, -0.2) is 0 Å². The molecule has 0 amide bonds. The molecule has 0 spiro atoms. The molecule has 0 aliphatic carbocycles. The van der Waals surface area contributed by atoms with E-state index in [0.29, 0.717) is 0 Å². The lowest BCUT2D eigenvalue weighted by Gasteiger charge is -2.13. The minimum absolute atomic E-state index is 0.398. The third kappa shape index (κ3) is 1.10. The molecule has 0 saturated heterocycles. The van der Waals surface area contributed by atoms with Gasteiger partial charge in [-0.05, 0) is 7.05 Å². The van der Waals surface area contributed by atoms with E-state index in [0.717, 1.165) is 6.54 Å². The van der Waals surface area contributed by atoms with Crippen LogP contribution in [0.2, 0.25) is 0 Å². The summed E-state index contributed by atoms with van der Waals surface area (Å²) in [7, 11) is 1.79. The molecule has 0 bridgehead atoms. The van der Waals surface area contributed by atoms with Crippen molar-refractivity contribution in [1.29, 1.82) is 0 Å². The van der Waals surface area contributed by atoms with E-state index in [2.05, 4.69) is 0 Å². The summed E-state index contributed by atoms with van der Waals surface area (Å²) in [5, 5.41) is 8.49. The lowest BCUT2D eigenvalue weighted by Crippen LogP contribution is -2.32. The van der Waals surface area contributed by atoms with Crippen LogP contribution in [-0.4, -0.2) is 35.6 Å². The molecule has 0 fully saturated rings. The monoisotopic (exact) mass is 127 g/mol. The molecule has 0 saturated carbocycles. The molecule has 1 N–H and O–H groups in total. The highest BCUT2D eigenvalue weighted by molar-refractivity contribution is 5.76. The van der Waals surface area contributed by atoms with E-state index in [1.54, 1.807) is 18.0 Å². The molecule has 0 aromatic rings. The zero-order valence-corrected chi connectivity index (χ0v) is 5.24. The van der Waals surface area contributed by atoms with Crippen LogP contribution in [0, 0.1) is 0 Å². The Hall–Kier alpha value is -0.830. The fourth-order valence-electron chi connectivity index (χ4n) is 0.887. The van der Waals surface area contributed by atoms with E-state index >= 15 is 0 Å². The molecule has 1 rings (SSSR count). The average molecular weight is 127 g/mol. The Kier molecular flexibility index (Phi) is 1.53. The van der Waals surface area contributed by atoms with E-state index in [4.69, 9.17) is 5.11 Å². The van der Waals surface area contributed by atoms with Crippen molar-refractivity contribution in [1.82, 2.24) is 4.90 Å². The average Bonchev–Trinajstić information content (AvgIpc) is 2.13. The minimum Gasteiger partial charge on any atom is -0.480 e. The second-order valence-electron chi connectivity index (χ2n) is 2.15. The predicted octanol–water partition coefficient (Wildman–Crippen LogP) is -0.0588. The summed E-state index contributed by atoms with van der Waals surface area (Å²) in [5.74, 6) is -0.772. The van der Waals surface area contributed by atoms with Crippen molar-refractivity contribution in [2.75, 3.05) is 13.6 Å².